The molecule has 1 saturated heterocycles. The van der Waals surface area contributed by atoms with Gasteiger partial charge < -0.3 is 74.9 Å². The summed E-state index contributed by atoms with van der Waals surface area (Å²) in [6, 6.07) is -10.1. The molecule has 1 fully saturated rings. The van der Waals surface area contributed by atoms with Gasteiger partial charge in [-0.05, 0) is 38.0 Å². The van der Waals surface area contributed by atoms with E-state index < -0.39 is 115 Å². The number of carbonyl (C=O) groups excluding carboxylic acids is 8. The zero-order valence-electron chi connectivity index (χ0n) is 32.8. The lowest BCUT2D eigenvalue weighted by Crippen LogP contribution is -2.60. The summed E-state index contributed by atoms with van der Waals surface area (Å²) in [6.45, 7) is 3.10. The first-order valence-corrected chi connectivity index (χ1v) is 18.8. The van der Waals surface area contributed by atoms with Crippen LogP contribution in [0.2, 0.25) is 0 Å². The number of aromatic amines is 1. The molecular formula is C34H56N14O11. The molecule has 7 atom stereocenters. The average Bonchev–Trinajstić information content (AvgIpc) is 3.86. The molecule has 8 amide bonds. The van der Waals surface area contributed by atoms with E-state index in [0.29, 0.717) is 12.1 Å². The summed E-state index contributed by atoms with van der Waals surface area (Å²) >= 11 is 0. The molecule has 1 aromatic heterocycles. The lowest BCUT2D eigenvalue weighted by molar-refractivity contribution is -0.142. The highest BCUT2D eigenvalue weighted by Gasteiger charge is 2.39. The Morgan fingerprint density at radius 3 is 1.90 bits per heavy atom. The number of H-pyrrole nitrogens is 1. The fourth-order valence-electron chi connectivity index (χ4n) is 6.08. The number of hydrogen-bond donors (Lipinski definition) is 14. The van der Waals surface area contributed by atoms with E-state index in [9.17, 15) is 53.4 Å². The van der Waals surface area contributed by atoms with Gasteiger partial charge in [-0.1, -0.05) is 13.8 Å². The second kappa shape index (κ2) is 23.8. The van der Waals surface area contributed by atoms with E-state index in [1.54, 1.807) is 13.8 Å². The van der Waals surface area contributed by atoms with E-state index in [1.165, 1.54) is 17.4 Å². The number of rotatable bonds is 25. The summed E-state index contributed by atoms with van der Waals surface area (Å²) in [5, 5.41) is 40.6. The first-order chi connectivity index (χ1) is 27.7. The third-order valence-corrected chi connectivity index (χ3v) is 8.97. The van der Waals surface area contributed by atoms with Gasteiger partial charge in [0.15, 0.2) is 5.96 Å². The van der Waals surface area contributed by atoms with Gasteiger partial charge in [0.25, 0.3) is 0 Å². The van der Waals surface area contributed by atoms with Gasteiger partial charge in [0.2, 0.25) is 47.3 Å². The minimum absolute atomic E-state index is 0.0271. The standard InChI is InChI=1S/C34H56N14O11/c1-16(2)9-20(44-28(53)21(10-17-13-40-15-42-17)47-31(56)24-6-4-8-48(24)32(57)18(35)14-49)27(52)45-23(12-26(37)51)30(55)46-22(11-25(36)50)29(54)43-19(33(58)59)5-3-7-41-34(38)39/h13,15-16,18-24,49H,3-12,14,35H2,1-2H3,(H2,36,50)(H2,37,51)(H,40,42)(H,43,54)(H,44,53)(H,45,52)(H,46,55)(H,47,56)(H,58,59)(H4,38,39,41)/t18-,19-,20-,21-,22-,23-,24-/m0/s1. The molecule has 2 rings (SSSR count). The number of carbonyl (C=O) groups is 9. The molecule has 0 unspecified atom stereocenters. The molecule has 0 radical (unpaired) electrons. The number of nitrogens with one attached hydrogen (secondary N) is 8. The van der Waals surface area contributed by atoms with Crippen LogP contribution in [-0.4, -0.2) is 146 Å². The Morgan fingerprint density at radius 2 is 1.41 bits per heavy atom. The molecule has 328 valence electrons. The zero-order valence-corrected chi connectivity index (χ0v) is 32.8. The normalized spacial score (nSPS) is 16.6. The third-order valence-electron chi connectivity index (χ3n) is 8.97. The average molecular weight is 837 g/mol. The minimum atomic E-state index is -1.78. The first kappa shape index (κ1) is 48.8. The lowest BCUT2D eigenvalue weighted by atomic mass is 10.0. The van der Waals surface area contributed by atoms with Crippen molar-refractivity contribution in [3.63, 3.8) is 0 Å². The van der Waals surface area contributed by atoms with Crippen LogP contribution >= 0.6 is 0 Å². The number of imidazole rings is 1. The van der Waals surface area contributed by atoms with Crippen LogP contribution in [-0.2, 0) is 49.6 Å². The minimum Gasteiger partial charge on any atom is -0.480 e. The number of likely N-dealkylation sites (tertiary alicyclic amines) is 1. The molecule has 59 heavy (non-hydrogen) atoms. The number of carboxylic acid groups (broad SMARTS) is 1. The van der Waals surface area contributed by atoms with E-state index in [-0.39, 0.29) is 57.1 Å². The van der Waals surface area contributed by atoms with Crippen molar-refractivity contribution in [2.45, 2.75) is 108 Å². The second-order valence-electron chi connectivity index (χ2n) is 14.3. The summed E-state index contributed by atoms with van der Waals surface area (Å²) in [7, 11) is 0. The number of aromatic nitrogens is 2. The summed E-state index contributed by atoms with van der Waals surface area (Å²) in [4.78, 5) is 124. The first-order valence-electron chi connectivity index (χ1n) is 18.8. The van der Waals surface area contributed by atoms with Gasteiger partial charge in [-0.2, -0.15) is 0 Å². The largest absolute Gasteiger partial charge is 0.480 e. The van der Waals surface area contributed by atoms with Gasteiger partial charge in [0, 0.05) is 25.7 Å². The van der Waals surface area contributed by atoms with Gasteiger partial charge in [-0.3, -0.25) is 43.8 Å². The van der Waals surface area contributed by atoms with Crippen molar-refractivity contribution in [3.8, 4) is 0 Å². The van der Waals surface area contributed by atoms with Gasteiger partial charge >= 0.3 is 5.97 Å². The highest BCUT2D eigenvalue weighted by Crippen LogP contribution is 2.19. The number of amides is 8. The Hall–Kier alpha value is -6.37. The molecule has 0 spiro atoms. The monoisotopic (exact) mass is 836 g/mol. The van der Waals surface area contributed by atoms with E-state index in [0.717, 1.165) is 0 Å². The van der Waals surface area contributed by atoms with E-state index in [2.05, 4.69) is 41.9 Å². The number of aliphatic carboxylic acids is 1. The molecule has 0 aromatic carbocycles. The second-order valence-corrected chi connectivity index (χ2v) is 14.3. The van der Waals surface area contributed by atoms with Gasteiger partial charge in [0.05, 0.1) is 31.5 Å². The van der Waals surface area contributed by atoms with Crippen molar-refractivity contribution in [1.29, 1.82) is 5.41 Å². The topological polar surface area (TPSA) is 426 Å². The number of nitrogens with zero attached hydrogens (tertiary/aromatic N) is 2. The summed E-state index contributed by atoms with van der Waals surface area (Å²) < 4.78 is 0. The van der Waals surface area contributed by atoms with Crippen LogP contribution in [0.15, 0.2) is 12.5 Å². The van der Waals surface area contributed by atoms with Crippen LogP contribution in [0, 0.1) is 11.3 Å². The van der Waals surface area contributed by atoms with Crippen LogP contribution in [0.4, 0.5) is 0 Å². The molecule has 1 aliphatic rings. The predicted molar refractivity (Wildman–Crippen MR) is 206 cm³/mol. The van der Waals surface area contributed by atoms with E-state index >= 15 is 0 Å². The highest BCUT2D eigenvalue weighted by molar-refractivity contribution is 5.99. The van der Waals surface area contributed by atoms with Crippen molar-refractivity contribution < 1.29 is 53.4 Å². The molecule has 0 saturated carbocycles. The van der Waals surface area contributed by atoms with Gasteiger partial charge in [-0.25, -0.2) is 9.78 Å². The van der Waals surface area contributed by atoms with Crippen molar-refractivity contribution in [1.82, 2.24) is 46.8 Å². The fourth-order valence-corrected chi connectivity index (χ4v) is 6.08. The predicted octanol–water partition coefficient (Wildman–Crippen LogP) is -6.17. The van der Waals surface area contributed by atoms with Crippen LogP contribution in [0.5, 0.6) is 0 Å². The van der Waals surface area contributed by atoms with Crippen LogP contribution < -0.4 is 54.8 Å². The number of aliphatic hydroxyl groups excluding tert-OH is 1. The Labute approximate surface area is 338 Å². The quantitative estimate of drug-likeness (QED) is 0.0248. The van der Waals surface area contributed by atoms with Crippen LogP contribution in [0.25, 0.3) is 0 Å². The molecule has 0 aliphatic carbocycles. The highest BCUT2D eigenvalue weighted by atomic mass is 16.4. The Morgan fingerprint density at radius 1 is 0.864 bits per heavy atom. The molecule has 25 nitrogen and oxygen atoms in total. The summed E-state index contributed by atoms with van der Waals surface area (Å²) in [5.74, 6) is -9.72. The number of guanidine groups is 1. The molecule has 18 N–H and O–H groups in total. The smallest absolute Gasteiger partial charge is 0.326 e. The van der Waals surface area contributed by atoms with E-state index in [1.807, 2.05) is 0 Å². The summed E-state index contributed by atoms with van der Waals surface area (Å²) in [5.41, 5.74) is 21.9. The van der Waals surface area contributed by atoms with Crippen LogP contribution in [0.3, 0.4) is 0 Å². The Kier molecular flexibility index (Phi) is 19.6. The number of aliphatic hydroxyl groups is 1. The lowest BCUT2D eigenvalue weighted by Gasteiger charge is -2.29. The van der Waals surface area contributed by atoms with Gasteiger partial charge in [-0.15, -0.1) is 0 Å². The Balaban J connectivity index is 2.30. The van der Waals surface area contributed by atoms with E-state index in [4.69, 9.17) is 28.3 Å². The van der Waals surface area contributed by atoms with Crippen molar-refractivity contribution in [3.05, 3.63) is 18.2 Å². The maximum Gasteiger partial charge on any atom is 0.326 e. The SMILES string of the molecule is CC(C)C[C@H](NC(=O)[C@H](Cc1c[nH]cn1)NC(=O)[C@@H]1CCCN1C(=O)[C@@H](N)CO)C(=O)N[C@@H](CC(N)=O)C(=O)N[C@@H](CC(N)=O)C(=O)N[C@@H](CCCNC(=N)N)C(=O)O. The maximum atomic E-state index is 13.9. The molecule has 0 bridgehead atoms. The van der Waals surface area contributed by atoms with Crippen molar-refractivity contribution >= 4 is 59.2 Å². The number of hydrogen-bond acceptors (Lipinski definition) is 13. The third kappa shape index (κ3) is 16.6. The molecule has 1 aromatic rings. The molecule has 25 heteroatoms. The fraction of sp³-hybridized carbons (Fsp3) is 0.618. The number of nitrogens with two attached hydrogens (primary N) is 4. The van der Waals surface area contributed by atoms with Crippen molar-refractivity contribution in [2.24, 2.45) is 28.9 Å². The number of primary amides is 2. The summed E-state index contributed by atoms with van der Waals surface area (Å²) in [6.07, 6.45) is 1.69. The maximum absolute atomic E-state index is 13.9. The number of carboxylic acids is 1. The van der Waals surface area contributed by atoms with Crippen LogP contribution in [0.1, 0.15) is 64.5 Å². The zero-order chi connectivity index (χ0) is 44.4. The Bertz CT molecular complexity index is 1670. The molecule has 2 heterocycles. The van der Waals surface area contributed by atoms with Gasteiger partial charge in [0.1, 0.15) is 42.3 Å². The molecular weight excluding hydrogens is 780 g/mol. The molecule has 1 aliphatic heterocycles. The van der Waals surface area contributed by atoms with Crippen molar-refractivity contribution in [2.75, 3.05) is 19.7 Å².